The van der Waals surface area contributed by atoms with Gasteiger partial charge in [0.1, 0.15) is 0 Å². The molecule has 4 atom stereocenters. The normalized spacial score (nSPS) is 29.4. The van der Waals surface area contributed by atoms with Crippen LogP contribution in [-0.4, -0.2) is 61.1 Å². The van der Waals surface area contributed by atoms with E-state index in [0.717, 1.165) is 4.90 Å². The Balaban J connectivity index is 2.02. The number of nitrogens with zero attached hydrogens (tertiary/aromatic N) is 2. The number of amides is 4. The number of hydrogen-bond acceptors (Lipinski definition) is 5. The van der Waals surface area contributed by atoms with Crippen molar-refractivity contribution in [1.82, 2.24) is 15.5 Å². The zero-order chi connectivity index (χ0) is 17.9. The highest BCUT2D eigenvalue weighted by Crippen LogP contribution is 2.41. The molecule has 2 saturated heterocycles. The van der Waals surface area contributed by atoms with Crippen molar-refractivity contribution in [2.75, 3.05) is 20.1 Å². The van der Waals surface area contributed by atoms with Crippen molar-refractivity contribution in [3.63, 3.8) is 0 Å². The summed E-state index contributed by atoms with van der Waals surface area (Å²) in [6, 6.07) is -0.501. The molecule has 9 heteroatoms. The predicted octanol–water partition coefficient (Wildman–Crippen LogP) is -1.03. The first-order valence-corrected chi connectivity index (χ1v) is 7.49. The maximum Gasteiger partial charge on any atom is 0.321 e. The van der Waals surface area contributed by atoms with Gasteiger partial charge in [-0.15, -0.1) is 13.2 Å². The van der Waals surface area contributed by atoms with E-state index in [1.54, 1.807) is 0 Å². The van der Waals surface area contributed by atoms with Crippen LogP contribution in [0.5, 0.6) is 0 Å². The largest absolute Gasteiger partial charge is 0.370 e. The van der Waals surface area contributed by atoms with Crippen molar-refractivity contribution in [3.05, 3.63) is 25.3 Å². The first kappa shape index (κ1) is 17.7. The highest BCUT2D eigenvalue weighted by Gasteiger charge is 2.58. The number of hydrogen-bond donors (Lipinski definition) is 3. The van der Waals surface area contributed by atoms with E-state index < -0.39 is 30.1 Å². The second-order valence-corrected chi connectivity index (χ2v) is 5.39. The van der Waals surface area contributed by atoms with E-state index in [9.17, 15) is 14.4 Å². The lowest BCUT2D eigenvalue weighted by atomic mass is 9.89. The Hall–Kier alpha value is -2.68. The number of urea groups is 1. The summed E-state index contributed by atoms with van der Waals surface area (Å²) in [5.41, 5.74) is 5.53. The molecule has 2 heterocycles. The van der Waals surface area contributed by atoms with Gasteiger partial charge in [-0.3, -0.25) is 24.8 Å². The minimum atomic E-state index is -0.580. The second kappa shape index (κ2) is 7.26. The molecule has 2 aliphatic rings. The van der Waals surface area contributed by atoms with Crippen molar-refractivity contribution < 1.29 is 19.1 Å². The van der Waals surface area contributed by atoms with E-state index in [-0.39, 0.29) is 30.9 Å². The van der Waals surface area contributed by atoms with E-state index in [1.165, 1.54) is 19.2 Å². The van der Waals surface area contributed by atoms with E-state index >= 15 is 0 Å². The summed E-state index contributed by atoms with van der Waals surface area (Å²) in [6.45, 7) is 7.47. The van der Waals surface area contributed by atoms with Crippen LogP contribution < -0.4 is 16.4 Å². The fourth-order valence-corrected chi connectivity index (χ4v) is 2.93. The van der Waals surface area contributed by atoms with Gasteiger partial charge in [0, 0.05) is 13.6 Å². The molecule has 24 heavy (non-hydrogen) atoms. The Labute approximate surface area is 139 Å². The number of nitrogens with two attached hydrogens (primary N) is 1. The molecular formula is C15H21N5O4. The third kappa shape index (κ3) is 3.16. The van der Waals surface area contributed by atoms with Crippen molar-refractivity contribution in [2.24, 2.45) is 22.6 Å². The molecule has 2 aliphatic heterocycles. The van der Waals surface area contributed by atoms with Gasteiger partial charge >= 0.3 is 6.03 Å². The number of fused-ring (bicyclic) bond motifs is 1. The molecule has 4 unspecified atom stereocenters. The number of nitrogens with one attached hydrogen (secondary N) is 2. The first-order valence-electron chi connectivity index (χ1n) is 7.49. The summed E-state index contributed by atoms with van der Waals surface area (Å²) in [7, 11) is 1.44. The number of carbonyl (C=O) groups excluding carboxylic acids is 3. The predicted molar refractivity (Wildman–Crippen MR) is 86.8 cm³/mol. The second-order valence-electron chi connectivity index (χ2n) is 5.39. The van der Waals surface area contributed by atoms with Gasteiger partial charge in [0.05, 0.1) is 30.6 Å². The summed E-state index contributed by atoms with van der Waals surface area (Å²) in [4.78, 5) is 41.2. The minimum Gasteiger partial charge on any atom is -0.370 e. The van der Waals surface area contributed by atoms with E-state index in [0.29, 0.717) is 0 Å². The third-order valence-electron chi connectivity index (χ3n) is 4.05. The number of likely N-dealkylation sites (tertiary alicyclic amines) is 1. The first-order chi connectivity index (χ1) is 11.4. The van der Waals surface area contributed by atoms with Crippen LogP contribution in [0.2, 0.25) is 0 Å². The van der Waals surface area contributed by atoms with Gasteiger partial charge in [-0.2, -0.15) is 0 Å². The highest BCUT2D eigenvalue weighted by molar-refractivity contribution is 6.06. The Kier molecular flexibility index (Phi) is 5.35. The number of guanidine groups is 1. The van der Waals surface area contributed by atoms with Gasteiger partial charge in [0.2, 0.25) is 11.8 Å². The maximum atomic E-state index is 12.5. The summed E-state index contributed by atoms with van der Waals surface area (Å²) < 4.78 is 5.61. The van der Waals surface area contributed by atoms with E-state index in [2.05, 4.69) is 28.8 Å². The molecule has 130 valence electrons. The average Bonchev–Trinajstić information content (AvgIpc) is 3.06. The van der Waals surface area contributed by atoms with Crippen molar-refractivity contribution in [1.29, 1.82) is 0 Å². The zero-order valence-corrected chi connectivity index (χ0v) is 13.4. The monoisotopic (exact) mass is 335 g/mol. The van der Waals surface area contributed by atoms with Crippen LogP contribution >= 0.6 is 0 Å². The Bertz CT molecular complexity index is 571. The van der Waals surface area contributed by atoms with Crippen LogP contribution in [0.1, 0.15) is 0 Å². The maximum absolute atomic E-state index is 12.5. The molecule has 4 N–H and O–H groups in total. The SMILES string of the molecule is C=CC1OC(C=C)C2C(=O)N(CCN=C(N)NC(=O)NC)C(=O)C12. The number of carbonyl (C=O) groups is 3. The molecule has 0 bridgehead atoms. The lowest BCUT2D eigenvalue weighted by Gasteiger charge is -2.18. The molecule has 9 nitrogen and oxygen atoms in total. The third-order valence-corrected chi connectivity index (χ3v) is 4.05. The van der Waals surface area contributed by atoms with Gasteiger partial charge < -0.3 is 15.8 Å². The lowest BCUT2D eigenvalue weighted by molar-refractivity contribution is -0.142. The topological polar surface area (TPSA) is 126 Å². The molecule has 2 fully saturated rings. The van der Waals surface area contributed by atoms with Crippen LogP contribution in [0.3, 0.4) is 0 Å². The zero-order valence-electron chi connectivity index (χ0n) is 13.4. The van der Waals surface area contributed by atoms with Crippen LogP contribution in [0.15, 0.2) is 30.3 Å². The van der Waals surface area contributed by atoms with Gasteiger partial charge in [0.15, 0.2) is 5.96 Å². The molecule has 0 spiro atoms. The fourth-order valence-electron chi connectivity index (χ4n) is 2.93. The summed E-state index contributed by atoms with van der Waals surface area (Å²) >= 11 is 0. The summed E-state index contributed by atoms with van der Waals surface area (Å²) in [5.74, 6) is -1.88. The lowest BCUT2D eigenvalue weighted by Crippen LogP contribution is -2.42. The molecule has 2 rings (SSSR count). The quantitative estimate of drug-likeness (QED) is 0.256. The van der Waals surface area contributed by atoms with Crippen LogP contribution in [0.25, 0.3) is 0 Å². The Morgan fingerprint density at radius 3 is 2.29 bits per heavy atom. The standard InChI is InChI=1S/C15H21N5O4/c1-4-8-10-11(9(5-2)24-8)13(22)20(12(10)21)7-6-18-14(16)19-15(23)17-3/h4-5,8-11H,1-2,6-7H2,3H3,(H4,16,17,18,19,23). The molecular weight excluding hydrogens is 314 g/mol. The van der Waals surface area contributed by atoms with Crippen LogP contribution in [0.4, 0.5) is 4.79 Å². The fraction of sp³-hybridized carbons (Fsp3) is 0.467. The van der Waals surface area contributed by atoms with Gasteiger partial charge in [-0.25, -0.2) is 4.79 Å². The number of imide groups is 1. The molecule has 0 aromatic heterocycles. The molecule has 0 aromatic rings. The number of aliphatic imine (C=N–C) groups is 1. The average molecular weight is 335 g/mol. The van der Waals surface area contributed by atoms with E-state index in [4.69, 9.17) is 10.5 Å². The van der Waals surface area contributed by atoms with Crippen LogP contribution in [0, 0.1) is 11.8 Å². The molecule has 0 radical (unpaired) electrons. The summed E-state index contributed by atoms with van der Waals surface area (Å²) in [5, 5.41) is 4.62. The highest BCUT2D eigenvalue weighted by atomic mass is 16.5. The number of rotatable bonds is 5. The minimum absolute atomic E-state index is 0.0779. The van der Waals surface area contributed by atoms with E-state index in [1.807, 2.05) is 0 Å². The Morgan fingerprint density at radius 1 is 1.29 bits per heavy atom. The molecule has 0 aliphatic carbocycles. The van der Waals surface area contributed by atoms with Gasteiger partial charge in [-0.1, -0.05) is 12.2 Å². The van der Waals surface area contributed by atoms with Gasteiger partial charge in [-0.05, 0) is 0 Å². The molecule has 0 saturated carbocycles. The summed E-state index contributed by atoms with van der Waals surface area (Å²) in [6.07, 6.45) is 2.03. The van der Waals surface area contributed by atoms with Crippen LogP contribution in [-0.2, 0) is 14.3 Å². The molecule has 0 aromatic carbocycles. The van der Waals surface area contributed by atoms with Gasteiger partial charge in [0.25, 0.3) is 0 Å². The molecule has 4 amide bonds. The number of ether oxygens (including phenoxy) is 1. The smallest absolute Gasteiger partial charge is 0.321 e. The van der Waals surface area contributed by atoms with Crippen molar-refractivity contribution in [3.8, 4) is 0 Å². The van der Waals surface area contributed by atoms with Crippen molar-refractivity contribution in [2.45, 2.75) is 12.2 Å². The Morgan fingerprint density at radius 2 is 1.83 bits per heavy atom. The van der Waals surface area contributed by atoms with Crippen molar-refractivity contribution >= 4 is 23.8 Å².